The minimum absolute atomic E-state index is 0.0383. The highest BCUT2D eigenvalue weighted by molar-refractivity contribution is 7.98. The number of rotatable bonds is 5. The Hall–Kier alpha value is -3.39. The van der Waals surface area contributed by atoms with Crippen molar-refractivity contribution in [1.82, 2.24) is 9.97 Å². The van der Waals surface area contributed by atoms with E-state index in [0.717, 1.165) is 16.8 Å². The van der Waals surface area contributed by atoms with Gasteiger partial charge in [0.1, 0.15) is 17.4 Å². The summed E-state index contributed by atoms with van der Waals surface area (Å²) in [4.78, 5) is 34.4. The molecule has 2 aliphatic rings. The highest BCUT2D eigenvalue weighted by Gasteiger charge is 2.42. The molecule has 8 heteroatoms. The molecule has 0 radical (unpaired) electrons. The van der Waals surface area contributed by atoms with Gasteiger partial charge in [0.2, 0.25) is 0 Å². The Bertz CT molecular complexity index is 1400. The van der Waals surface area contributed by atoms with Crippen molar-refractivity contribution in [2.75, 3.05) is 12.4 Å². The fourth-order valence-electron chi connectivity index (χ4n) is 4.85. The molecule has 1 aliphatic carbocycles. The van der Waals surface area contributed by atoms with Crippen molar-refractivity contribution in [3.05, 3.63) is 92.7 Å². The summed E-state index contributed by atoms with van der Waals surface area (Å²) < 4.78 is 18.6. The zero-order valence-electron chi connectivity index (χ0n) is 19.8. The van der Waals surface area contributed by atoms with Gasteiger partial charge in [0, 0.05) is 29.4 Å². The van der Waals surface area contributed by atoms with Crippen LogP contribution in [0.25, 0.3) is 0 Å². The lowest BCUT2D eigenvalue weighted by Gasteiger charge is -2.38. The lowest BCUT2D eigenvalue weighted by atomic mass is 9.69. The second kappa shape index (κ2) is 9.00. The molecule has 0 amide bonds. The predicted octanol–water partition coefficient (Wildman–Crippen LogP) is 5.41. The number of nitrogens with zero attached hydrogens (tertiary/aromatic N) is 1. The van der Waals surface area contributed by atoms with Crippen LogP contribution >= 0.6 is 11.8 Å². The first kappa shape index (κ1) is 23.4. The Morgan fingerprint density at radius 1 is 1.14 bits per heavy atom. The van der Waals surface area contributed by atoms with Gasteiger partial charge >= 0.3 is 0 Å². The zero-order valence-corrected chi connectivity index (χ0v) is 20.6. The molecule has 35 heavy (non-hydrogen) atoms. The largest absolute Gasteiger partial charge is 0.497 e. The maximum Gasteiger partial charge on any atom is 0.257 e. The first-order chi connectivity index (χ1) is 16.7. The number of ketones is 1. The normalized spacial score (nSPS) is 18.5. The first-order valence-corrected chi connectivity index (χ1v) is 12.4. The molecule has 1 aliphatic heterocycles. The van der Waals surface area contributed by atoms with Gasteiger partial charge in [-0.25, -0.2) is 9.37 Å². The number of allylic oxidation sites excluding steroid dienone is 2. The molecule has 2 aromatic carbocycles. The molecule has 6 nitrogen and oxygen atoms in total. The van der Waals surface area contributed by atoms with E-state index >= 15 is 0 Å². The summed E-state index contributed by atoms with van der Waals surface area (Å²) in [7, 11) is 1.59. The summed E-state index contributed by atoms with van der Waals surface area (Å²) in [5.74, 6) is 0.863. The number of ether oxygens (including phenoxy) is 1. The highest BCUT2D eigenvalue weighted by Crippen LogP contribution is 2.48. The van der Waals surface area contributed by atoms with Gasteiger partial charge in [-0.05, 0) is 47.2 Å². The molecular weight excluding hydrogens is 465 g/mol. The van der Waals surface area contributed by atoms with Crippen molar-refractivity contribution in [1.29, 1.82) is 0 Å². The van der Waals surface area contributed by atoms with E-state index in [2.05, 4.69) is 24.1 Å². The van der Waals surface area contributed by atoms with Gasteiger partial charge in [-0.1, -0.05) is 49.9 Å². The minimum atomic E-state index is -0.535. The predicted molar refractivity (Wildman–Crippen MR) is 134 cm³/mol. The van der Waals surface area contributed by atoms with Crippen LogP contribution in [0.4, 0.5) is 10.2 Å². The van der Waals surface area contributed by atoms with E-state index < -0.39 is 5.92 Å². The first-order valence-electron chi connectivity index (χ1n) is 11.4. The number of carbonyl (C=O) groups is 1. The summed E-state index contributed by atoms with van der Waals surface area (Å²) in [5.41, 5.74) is 3.12. The molecule has 180 valence electrons. The summed E-state index contributed by atoms with van der Waals surface area (Å²) >= 11 is 1.37. The number of anilines is 1. The van der Waals surface area contributed by atoms with Gasteiger partial charge in [-0.15, -0.1) is 0 Å². The van der Waals surface area contributed by atoms with E-state index in [4.69, 9.17) is 9.72 Å². The maximum atomic E-state index is 13.4. The van der Waals surface area contributed by atoms with Crippen molar-refractivity contribution < 1.29 is 13.9 Å². The second-order valence-electron chi connectivity index (χ2n) is 9.72. The van der Waals surface area contributed by atoms with Gasteiger partial charge < -0.3 is 15.0 Å². The number of aromatic amines is 1. The van der Waals surface area contributed by atoms with Crippen molar-refractivity contribution in [3.8, 4) is 5.75 Å². The van der Waals surface area contributed by atoms with Crippen LogP contribution in [0.5, 0.6) is 5.75 Å². The number of methoxy groups -OCH3 is 1. The Morgan fingerprint density at radius 3 is 2.66 bits per heavy atom. The third-order valence-corrected chi connectivity index (χ3v) is 7.36. The average Bonchev–Trinajstić information content (AvgIpc) is 2.81. The van der Waals surface area contributed by atoms with Crippen LogP contribution in [0.2, 0.25) is 0 Å². The number of H-pyrrole nitrogens is 1. The van der Waals surface area contributed by atoms with Gasteiger partial charge in [-0.3, -0.25) is 9.59 Å². The van der Waals surface area contributed by atoms with Crippen LogP contribution < -0.4 is 15.6 Å². The highest BCUT2D eigenvalue weighted by atomic mass is 32.2. The van der Waals surface area contributed by atoms with E-state index in [1.807, 2.05) is 24.3 Å². The molecule has 0 spiro atoms. The van der Waals surface area contributed by atoms with Crippen LogP contribution in [0.3, 0.4) is 0 Å². The number of Topliss-reactive ketones (excluding diaryl/α,β-unsaturated/α-hetero) is 1. The summed E-state index contributed by atoms with van der Waals surface area (Å²) in [6.07, 6.45) is 1.10. The number of fused-ring (bicyclic) bond motifs is 1. The van der Waals surface area contributed by atoms with Crippen LogP contribution in [0, 0.1) is 11.2 Å². The monoisotopic (exact) mass is 491 g/mol. The van der Waals surface area contributed by atoms with Crippen molar-refractivity contribution in [2.45, 2.75) is 43.5 Å². The Morgan fingerprint density at radius 2 is 1.91 bits per heavy atom. The molecular formula is C27H26FN3O3S. The molecule has 5 rings (SSSR count). The van der Waals surface area contributed by atoms with E-state index in [9.17, 15) is 14.0 Å². The summed E-state index contributed by atoms with van der Waals surface area (Å²) in [6, 6.07) is 13.7. The number of hydrogen-bond donors (Lipinski definition) is 2. The Kier molecular flexibility index (Phi) is 6.01. The topological polar surface area (TPSA) is 84.1 Å². The van der Waals surface area contributed by atoms with Gasteiger partial charge in [-0.2, -0.15) is 0 Å². The number of thioether (sulfide) groups is 1. The number of nitrogens with one attached hydrogen (secondary N) is 2. The molecule has 0 fully saturated rings. The number of benzene rings is 2. The fourth-order valence-corrected chi connectivity index (χ4v) is 5.66. The van der Waals surface area contributed by atoms with Crippen LogP contribution in [0.15, 0.2) is 69.8 Å². The number of hydrogen-bond acceptors (Lipinski definition) is 6. The molecule has 0 saturated carbocycles. The van der Waals surface area contributed by atoms with E-state index in [0.29, 0.717) is 46.5 Å². The van der Waals surface area contributed by atoms with E-state index in [1.54, 1.807) is 19.2 Å². The number of aromatic nitrogens is 2. The third kappa shape index (κ3) is 4.62. The smallest absolute Gasteiger partial charge is 0.257 e. The summed E-state index contributed by atoms with van der Waals surface area (Å²) in [5, 5.41) is 3.79. The van der Waals surface area contributed by atoms with Crippen molar-refractivity contribution in [2.24, 2.45) is 5.41 Å². The molecule has 2 heterocycles. The van der Waals surface area contributed by atoms with Crippen LogP contribution in [-0.4, -0.2) is 22.9 Å². The molecule has 0 bridgehead atoms. The van der Waals surface area contributed by atoms with Crippen LogP contribution in [-0.2, 0) is 10.5 Å². The van der Waals surface area contributed by atoms with Gasteiger partial charge in [0.05, 0.1) is 12.7 Å². The molecule has 2 N–H and O–H groups in total. The van der Waals surface area contributed by atoms with Gasteiger partial charge in [0.25, 0.3) is 5.56 Å². The second-order valence-corrected chi connectivity index (χ2v) is 10.7. The third-order valence-electron chi connectivity index (χ3n) is 6.42. The lowest BCUT2D eigenvalue weighted by molar-refractivity contribution is -0.118. The number of carbonyl (C=O) groups excluding carboxylic acids is 1. The van der Waals surface area contributed by atoms with E-state index in [-0.39, 0.29) is 22.6 Å². The SMILES string of the molecule is COc1cccc(C2C3=C(CC(C)(C)CC3=O)Nc3nc(SCc4ccc(F)cc4)[nH]c(=O)c32)c1. The summed E-state index contributed by atoms with van der Waals surface area (Å²) in [6.45, 7) is 4.14. The minimum Gasteiger partial charge on any atom is -0.497 e. The average molecular weight is 492 g/mol. The molecule has 0 saturated heterocycles. The van der Waals surface area contributed by atoms with Crippen molar-refractivity contribution >= 4 is 23.4 Å². The molecule has 1 unspecified atom stereocenters. The van der Waals surface area contributed by atoms with E-state index in [1.165, 1.54) is 23.9 Å². The Labute approximate surface area is 207 Å². The Balaban J connectivity index is 1.58. The lowest BCUT2D eigenvalue weighted by Crippen LogP contribution is -2.37. The zero-order chi connectivity index (χ0) is 24.7. The standard InChI is InChI=1S/C27H26FN3O3S/c1-27(2)12-19-22(20(32)13-27)21(16-5-4-6-18(11-16)34-3)23-24(29-19)30-26(31-25(23)33)35-14-15-7-9-17(28)10-8-15/h4-11,21H,12-14H2,1-3H3,(H2,29,30,31,33). The van der Waals surface area contributed by atoms with Crippen LogP contribution in [0.1, 0.15) is 49.3 Å². The molecule has 1 aromatic heterocycles. The molecule has 3 aromatic rings. The molecule has 1 atom stereocenters. The number of halogens is 1. The fraction of sp³-hybridized carbons (Fsp3) is 0.296. The van der Waals surface area contributed by atoms with Crippen molar-refractivity contribution in [3.63, 3.8) is 0 Å². The maximum absolute atomic E-state index is 13.4. The van der Waals surface area contributed by atoms with Gasteiger partial charge in [0.15, 0.2) is 10.9 Å². The quantitative estimate of drug-likeness (QED) is 0.367.